The van der Waals surface area contributed by atoms with E-state index < -0.39 is 0 Å². The first-order valence-electron chi connectivity index (χ1n) is 4.97. The Kier molecular flexibility index (Phi) is 2.60. The highest BCUT2D eigenvalue weighted by atomic mass is 16.5. The van der Waals surface area contributed by atoms with Crippen molar-refractivity contribution in [2.24, 2.45) is 0 Å². The molecule has 1 unspecified atom stereocenters. The lowest BCUT2D eigenvalue weighted by Crippen LogP contribution is -2.46. The number of carbonyl (C=O) groups excluding carboxylic acids is 1. The van der Waals surface area contributed by atoms with Gasteiger partial charge in [0, 0.05) is 17.9 Å². The molecule has 80 valence electrons. The lowest BCUT2D eigenvalue weighted by molar-refractivity contribution is -0.132. The zero-order chi connectivity index (χ0) is 10.8. The van der Waals surface area contributed by atoms with E-state index in [4.69, 9.17) is 10.5 Å². The standard InChI is InChI=1S/C11H14N2O2/c1-8-11(14)13(6-7-15-8)10-4-2-9(12)3-5-10/h2-5,8H,6-7,12H2,1H3. The number of carbonyl (C=O) groups is 1. The van der Waals surface area contributed by atoms with Gasteiger partial charge < -0.3 is 15.4 Å². The van der Waals surface area contributed by atoms with Crippen molar-refractivity contribution < 1.29 is 9.53 Å². The van der Waals surface area contributed by atoms with Crippen molar-refractivity contribution >= 4 is 17.3 Å². The van der Waals surface area contributed by atoms with Crippen LogP contribution in [0.25, 0.3) is 0 Å². The average molecular weight is 206 g/mol. The van der Waals surface area contributed by atoms with Crippen molar-refractivity contribution in [3.63, 3.8) is 0 Å². The monoisotopic (exact) mass is 206 g/mol. The fourth-order valence-electron chi connectivity index (χ4n) is 1.63. The molecule has 0 saturated carbocycles. The van der Waals surface area contributed by atoms with Crippen LogP contribution in [-0.2, 0) is 9.53 Å². The van der Waals surface area contributed by atoms with E-state index in [-0.39, 0.29) is 12.0 Å². The SMILES string of the molecule is CC1OCCN(c2ccc(N)cc2)C1=O. The Morgan fingerprint density at radius 3 is 2.73 bits per heavy atom. The van der Waals surface area contributed by atoms with Crippen molar-refractivity contribution in [1.82, 2.24) is 0 Å². The summed E-state index contributed by atoms with van der Waals surface area (Å²) in [6.07, 6.45) is -0.351. The lowest BCUT2D eigenvalue weighted by atomic mass is 10.2. The van der Waals surface area contributed by atoms with Gasteiger partial charge in [-0.3, -0.25) is 4.79 Å². The van der Waals surface area contributed by atoms with Gasteiger partial charge in [-0.1, -0.05) is 0 Å². The zero-order valence-corrected chi connectivity index (χ0v) is 8.64. The summed E-state index contributed by atoms with van der Waals surface area (Å²) in [5.41, 5.74) is 7.17. The van der Waals surface area contributed by atoms with E-state index in [1.165, 1.54) is 0 Å². The van der Waals surface area contributed by atoms with E-state index in [2.05, 4.69) is 0 Å². The van der Waals surface area contributed by atoms with E-state index >= 15 is 0 Å². The number of ether oxygens (including phenoxy) is 1. The molecule has 1 heterocycles. The average Bonchev–Trinajstić information content (AvgIpc) is 2.24. The van der Waals surface area contributed by atoms with Crippen molar-refractivity contribution in [3.05, 3.63) is 24.3 Å². The third-order valence-electron chi connectivity index (χ3n) is 2.50. The number of rotatable bonds is 1. The molecule has 1 amide bonds. The molecule has 1 atom stereocenters. The smallest absolute Gasteiger partial charge is 0.255 e. The Labute approximate surface area is 88.6 Å². The van der Waals surface area contributed by atoms with Crippen LogP contribution in [-0.4, -0.2) is 25.2 Å². The fourth-order valence-corrected chi connectivity index (χ4v) is 1.63. The molecular weight excluding hydrogens is 192 g/mol. The maximum Gasteiger partial charge on any atom is 0.255 e. The predicted octanol–water partition coefficient (Wildman–Crippen LogP) is 1.02. The van der Waals surface area contributed by atoms with Crippen LogP contribution in [0.15, 0.2) is 24.3 Å². The molecule has 1 aliphatic rings. The van der Waals surface area contributed by atoms with Gasteiger partial charge in [-0.05, 0) is 31.2 Å². The summed E-state index contributed by atoms with van der Waals surface area (Å²) < 4.78 is 5.25. The predicted molar refractivity (Wildman–Crippen MR) is 58.6 cm³/mol. The second-order valence-electron chi connectivity index (χ2n) is 3.59. The molecule has 1 aliphatic heterocycles. The Morgan fingerprint density at radius 1 is 1.40 bits per heavy atom. The minimum atomic E-state index is -0.351. The van der Waals surface area contributed by atoms with Crippen LogP contribution < -0.4 is 10.6 Å². The number of anilines is 2. The lowest BCUT2D eigenvalue weighted by Gasteiger charge is -2.30. The molecule has 2 N–H and O–H groups in total. The molecule has 1 aromatic rings. The second-order valence-corrected chi connectivity index (χ2v) is 3.59. The summed E-state index contributed by atoms with van der Waals surface area (Å²) in [6, 6.07) is 7.29. The van der Waals surface area contributed by atoms with Crippen LogP contribution in [0.1, 0.15) is 6.92 Å². The first kappa shape index (κ1) is 9.98. The van der Waals surface area contributed by atoms with Gasteiger partial charge in [0.15, 0.2) is 0 Å². The topological polar surface area (TPSA) is 55.6 Å². The molecule has 4 heteroatoms. The minimum Gasteiger partial charge on any atom is -0.399 e. The molecule has 0 aliphatic carbocycles. The second kappa shape index (κ2) is 3.90. The normalized spacial score (nSPS) is 21.8. The van der Waals surface area contributed by atoms with E-state index in [0.29, 0.717) is 18.8 Å². The molecule has 1 aromatic carbocycles. The quantitative estimate of drug-likeness (QED) is 0.698. The van der Waals surface area contributed by atoms with E-state index in [0.717, 1.165) is 5.69 Å². The highest BCUT2D eigenvalue weighted by Crippen LogP contribution is 2.19. The molecule has 0 spiro atoms. The number of amides is 1. The summed E-state index contributed by atoms with van der Waals surface area (Å²) in [7, 11) is 0. The van der Waals surface area contributed by atoms with E-state index in [1.807, 2.05) is 12.1 Å². The molecule has 0 radical (unpaired) electrons. The number of nitrogens with two attached hydrogens (primary N) is 1. The Hall–Kier alpha value is -1.55. The number of nitrogen functional groups attached to an aromatic ring is 1. The van der Waals surface area contributed by atoms with Gasteiger partial charge in [0.1, 0.15) is 6.10 Å². The largest absolute Gasteiger partial charge is 0.399 e. The van der Waals surface area contributed by atoms with Gasteiger partial charge in [-0.2, -0.15) is 0 Å². The molecule has 1 saturated heterocycles. The molecular formula is C11H14N2O2. The number of hydrogen-bond acceptors (Lipinski definition) is 3. The van der Waals surface area contributed by atoms with Gasteiger partial charge in [-0.15, -0.1) is 0 Å². The zero-order valence-electron chi connectivity index (χ0n) is 8.64. The van der Waals surface area contributed by atoms with Gasteiger partial charge in [0.2, 0.25) is 0 Å². The Bertz CT molecular complexity index is 361. The number of nitrogens with zero attached hydrogens (tertiary/aromatic N) is 1. The first-order chi connectivity index (χ1) is 7.18. The maximum absolute atomic E-state index is 11.8. The van der Waals surface area contributed by atoms with Crippen LogP contribution in [0.4, 0.5) is 11.4 Å². The summed E-state index contributed by atoms with van der Waals surface area (Å²) >= 11 is 0. The molecule has 4 nitrogen and oxygen atoms in total. The molecule has 2 rings (SSSR count). The Balaban J connectivity index is 2.22. The van der Waals surface area contributed by atoms with Crippen LogP contribution >= 0.6 is 0 Å². The van der Waals surface area contributed by atoms with Crippen LogP contribution in [0.5, 0.6) is 0 Å². The molecule has 0 bridgehead atoms. The summed E-state index contributed by atoms with van der Waals surface area (Å²) in [5, 5.41) is 0. The van der Waals surface area contributed by atoms with Crippen molar-refractivity contribution in [2.75, 3.05) is 23.8 Å². The fraction of sp³-hybridized carbons (Fsp3) is 0.364. The third-order valence-corrected chi connectivity index (χ3v) is 2.50. The van der Waals surface area contributed by atoms with Crippen LogP contribution in [0.3, 0.4) is 0 Å². The van der Waals surface area contributed by atoms with Crippen LogP contribution in [0.2, 0.25) is 0 Å². The minimum absolute atomic E-state index is 0.00558. The number of morpholine rings is 1. The summed E-state index contributed by atoms with van der Waals surface area (Å²) in [4.78, 5) is 13.5. The van der Waals surface area contributed by atoms with Crippen molar-refractivity contribution in [3.8, 4) is 0 Å². The summed E-state index contributed by atoms with van der Waals surface area (Å²) in [6.45, 7) is 2.95. The van der Waals surface area contributed by atoms with Gasteiger partial charge in [-0.25, -0.2) is 0 Å². The number of benzene rings is 1. The van der Waals surface area contributed by atoms with Gasteiger partial charge in [0.05, 0.1) is 6.61 Å². The summed E-state index contributed by atoms with van der Waals surface area (Å²) in [5.74, 6) is 0.00558. The van der Waals surface area contributed by atoms with E-state index in [9.17, 15) is 4.79 Å². The third kappa shape index (κ3) is 1.94. The highest BCUT2D eigenvalue weighted by Gasteiger charge is 2.26. The Morgan fingerprint density at radius 2 is 2.07 bits per heavy atom. The molecule has 15 heavy (non-hydrogen) atoms. The molecule has 1 fully saturated rings. The first-order valence-corrected chi connectivity index (χ1v) is 4.97. The van der Waals surface area contributed by atoms with Crippen molar-refractivity contribution in [2.45, 2.75) is 13.0 Å². The molecule has 0 aromatic heterocycles. The van der Waals surface area contributed by atoms with Gasteiger partial charge in [0.25, 0.3) is 5.91 Å². The van der Waals surface area contributed by atoms with Gasteiger partial charge >= 0.3 is 0 Å². The van der Waals surface area contributed by atoms with E-state index in [1.54, 1.807) is 24.0 Å². The number of hydrogen-bond donors (Lipinski definition) is 1. The van der Waals surface area contributed by atoms with Crippen molar-refractivity contribution in [1.29, 1.82) is 0 Å². The maximum atomic E-state index is 11.8. The highest BCUT2D eigenvalue weighted by molar-refractivity contribution is 5.97. The van der Waals surface area contributed by atoms with Crippen LogP contribution in [0, 0.1) is 0 Å².